The van der Waals surface area contributed by atoms with Crippen LogP contribution in [0.1, 0.15) is 46.0 Å². The van der Waals surface area contributed by atoms with Crippen LogP contribution in [0.5, 0.6) is 5.75 Å². The van der Waals surface area contributed by atoms with Crippen LogP contribution in [0.15, 0.2) is 97.1 Å². The van der Waals surface area contributed by atoms with Gasteiger partial charge in [0.05, 0.1) is 25.9 Å². The molecule has 0 aliphatic heterocycles. The van der Waals surface area contributed by atoms with Crippen LogP contribution in [-0.4, -0.2) is 42.1 Å². The van der Waals surface area contributed by atoms with Gasteiger partial charge in [0.1, 0.15) is 12.7 Å². The lowest BCUT2D eigenvalue weighted by atomic mass is 9.96. The Morgan fingerprint density at radius 3 is 2.09 bits per heavy atom. The van der Waals surface area contributed by atoms with E-state index in [0.29, 0.717) is 34.7 Å². The van der Waals surface area contributed by atoms with Crippen molar-refractivity contribution in [2.24, 2.45) is 0 Å². The molecule has 4 aromatic carbocycles. The number of aliphatic hydroxyl groups excluding tert-OH is 1. The molecule has 0 radical (unpaired) electrons. The second kappa shape index (κ2) is 16.1. The minimum absolute atomic E-state index is 0.0976. The van der Waals surface area contributed by atoms with E-state index >= 15 is 0 Å². The minimum atomic E-state index is -1.18. The van der Waals surface area contributed by atoms with E-state index in [4.69, 9.17) is 25.8 Å². The molecule has 4 aromatic rings. The van der Waals surface area contributed by atoms with Crippen molar-refractivity contribution < 1.29 is 33.3 Å². The predicted molar refractivity (Wildman–Crippen MR) is 163 cm³/mol. The third kappa shape index (κ3) is 9.30. The lowest BCUT2D eigenvalue weighted by Gasteiger charge is -2.26. The Balaban J connectivity index is 1.55. The fourth-order valence-corrected chi connectivity index (χ4v) is 4.80. The molecule has 0 saturated heterocycles. The number of carbonyl (C=O) groups excluding carboxylic acids is 2. The summed E-state index contributed by atoms with van der Waals surface area (Å²) in [7, 11) is 0. The number of ether oxygens (including phenoxy) is 3. The largest absolute Gasteiger partial charge is 0.491 e. The Morgan fingerprint density at radius 1 is 0.837 bits per heavy atom. The molecule has 0 aliphatic rings. The van der Waals surface area contributed by atoms with Crippen LogP contribution in [0.25, 0.3) is 0 Å². The Labute approximate surface area is 256 Å². The van der Waals surface area contributed by atoms with Gasteiger partial charge in [-0.3, -0.25) is 9.59 Å². The zero-order valence-corrected chi connectivity index (χ0v) is 24.6. The van der Waals surface area contributed by atoms with Gasteiger partial charge in [0.15, 0.2) is 23.1 Å². The van der Waals surface area contributed by atoms with Crippen LogP contribution >= 0.6 is 11.6 Å². The molecule has 1 N–H and O–H groups in total. The van der Waals surface area contributed by atoms with Crippen molar-refractivity contribution in [1.29, 1.82) is 0 Å². The first-order valence-electron chi connectivity index (χ1n) is 14.1. The van der Waals surface area contributed by atoms with Crippen LogP contribution in [0, 0.1) is 5.82 Å². The number of Topliss-reactive ketones (excluding diaryl/α,β-unsaturated/α-hetero) is 2. The number of carbonyl (C=O) groups is 2. The first kappa shape index (κ1) is 32.0. The third-order valence-electron chi connectivity index (χ3n) is 6.84. The number of halogens is 2. The van der Waals surface area contributed by atoms with Crippen molar-refractivity contribution in [2.45, 2.75) is 45.2 Å². The molecule has 0 aromatic heterocycles. The van der Waals surface area contributed by atoms with Crippen molar-refractivity contribution in [3.63, 3.8) is 0 Å². The summed E-state index contributed by atoms with van der Waals surface area (Å²) in [4.78, 5) is 26.5. The molecular formula is C35H34ClFO6. The van der Waals surface area contributed by atoms with Crippen molar-refractivity contribution in [3.8, 4) is 5.75 Å². The number of benzene rings is 4. The maximum absolute atomic E-state index is 14.4. The maximum Gasteiger partial charge on any atom is 0.189 e. The molecule has 0 spiro atoms. The monoisotopic (exact) mass is 604 g/mol. The number of ketones is 2. The van der Waals surface area contributed by atoms with Gasteiger partial charge in [-0.05, 0) is 65.9 Å². The van der Waals surface area contributed by atoms with E-state index in [2.05, 4.69) is 0 Å². The molecule has 0 saturated carbocycles. The molecule has 0 fully saturated rings. The molecule has 0 bridgehead atoms. The van der Waals surface area contributed by atoms with Gasteiger partial charge in [-0.1, -0.05) is 78.3 Å². The molecule has 2 atom stereocenters. The normalized spacial score (nSPS) is 12.5. The van der Waals surface area contributed by atoms with E-state index in [9.17, 15) is 19.1 Å². The van der Waals surface area contributed by atoms with Crippen LogP contribution in [0.2, 0.25) is 5.02 Å². The second-order valence-electron chi connectivity index (χ2n) is 9.98. The Bertz CT molecular complexity index is 1500. The van der Waals surface area contributed by atoms with Gasteiger partial charge in [-0.15, -0.1) is 0 Å². The van der Waals surface area contributed by atoms with E-state index in [1.165, 1.54) is 6.07 Å². The van der Waals surface area contributed by atoms with E-state index in [-0.39, 0.29) is 31.2 Å². The van der Waals surface area contributed by atoms with E-state index in [1.807, 2.05) is 60.7 Å². The smallest absolute Gasteiger partial charge is 0.189 e. The summed E-state index contributed by atoms with van der Waals surface area (Å²) in [6.07, 6.45) is -2.05. The molecule has 8 heteroatoms. The topological polar surface area (TPSA) is 82.1 Å². The molecule has 0 heterocycles. The highest BCUT2D eigenvalue weighted by atomic mass is 35.5. The van der Waals surface area contributed by atoms with Crippen LogP contribution < -0.4 is 4.74 Å². The van der Waals surface area contributed by atoms with E-state index < -0.39 is 30.4 Å². The Hall–Kier alpha value is -3.88. The maximum atomic E-state index is 14.4. The van der Waals surface area contributed by atoms with Gasteiger partial charge in [0, 0.05) is 17.0 Å². The fraction of sp³-hybridized carbons (Fsp3) is 0.257. The van der Waals surface area contributed by atoms with E-state index in [0.717, 1.165) is 11.1 Å². The van der Waals surface area contributed by atoms with Crippen LogP contribution in [-0.2, 0) is 33.9 Å². The zero-order valence-electron chi connectivity index (χ0n) is 23.9. The van der Waals surface area contributed by atoms with Gasteiger partial charge in [-0.2, -0.15) is 0 Å². The van der Waals surface area contributed by atoms with Gasteiger partial charge in [-0.25, -0.2) is 4.39 Å². The number of hydrogen-bond acceptors (Lipinski definition) is 6. The molecule has 224 valence electrons. The summed E-state index contributed by atoms with van der Waals surface area (Å²) in [5.41, 5.74) is 3.35. The first-order chi connectivity index (χ1) is 20.9. The van der Waals surface area contributed by atoms with Gasteiger partial charge in [0.2, 0.25) is 0 Å². The summed E-state index contributed by atoms with van der Waals surface area (Å²) >= 11 is 6.46. The predicted octanol–water partition coefficient (Wildman–Crippen LogP) is 6.77. The van der Waals surface area contributed by atoms with Crippen LogP contribution in [0.4, 0.5) is 4.39 Å². The first-order valence-corrected chi connectivity index (χ1v) is 14.4. The third-order valence-corrected chi connectivity index (χ3v) is 7.20. The second-order valence-corrected chi connectivity index (χ2v) is 10.4. The number of aliphatic hydroxyl groups is 1. The molecule has 4 rings (SSSR count). The Kier molecular flexibility index (Phi) is 12.0. The summed E-state index contributed by atoms with van der Waals surface area (Å²) in [5.74, 6) is -1.19. The van der Waals surface area contributed by atoms with Crippen molar-refractivity contribution in [1.82, 2.24) is 0 Å². The van der Waals surface area contributed by atoms with Crippen molar-refractivity contribution >= 4 is 23.2 Å². The minimum Gasteiger partial charge on any atom is -0.491 e. The average Bonchev–Trinajstić information content (AvgIpc) is 3.03. The highest BCUT2D eigenvalue weighted by molar-refractivity contribution is 6.31. The lowest BCUT2D eigenvalue weighted by Crippen LogP contribution is -2.41. The zero-order chi connectivity index (χ0) is 30.6. The summed E-state index contributed by atoms with van der Waals surface area (Å²) < 4.78 is 31.8. The van der Waals surface area contributed by atoms with E-state index in [1.54, 1.807) is 37.3 Å². The summed E-state index contributed by atoms with van der Waals surface area (Å²) in [6.45, 7) is 1.61. The quantitative estimate of drug-likeness (QED) is 0.142. The van der Waals surface area contributed by atoms with Crippen LogP contribution in [0.3, 0.4) is 0 Å². The highest BCUT2D eigenvalue weighted by Gasteiger charge is 2.32. The summed E-state index contributed by atoms with van der Waals surface area (Å²) in [5, 5.41) is 10.2. The molecule has 6 nitrogen and oxygen atoms in total. The Morgan fingerprint density at radius 2 is 1.49 bits per heavy atom. The standard InChI is InChI=1S/C35H34ClFO6/c1-2-41-33-16-13-26(18-30(33)37)17-28-19-27(14-15-29(28)36)31(39)20-34(42-22-24-9-5-3-6-10-24)35(32(40)21-38)43-23-25-11-7-4-8-12-25/h3-16,18-19,34-35,38H,2,17,20-23H2,1H3/t34?,35-/m1/s1. The fourth-order valence-electron chi connectivity index (χ4n) is 4.62. The molecule has 0 amide bonds. The molecular weight excluding hydrogens is 571 g/mol. The average molecular weight is 605 g/mol. The SMILES string of the molecule is CCOc1ccc(Cc2cc(C(=O)CC(OCc3ccccc3)[C@H](OCc3ccccc3)C(=O)CO)ccc2Cl)cc1F. The molecule has 43 heavy (non-hydrogen) atoms. The number of hydrogen-bond donors (Lipinski definition) is 1. The molecule has 1 unspecified atom stereocenters. The number of rotatable bonds is 16. The van der Waals surface area contributed by atoms with Gasteiger partial charge < -0.3 is 19.3 Å². The van der Waals surface area contributed by atoms with Crippen molar-refractivity contribution in [3.05, 3.63) is 136 Å². The van der Waals surface area contributed by atoms with Crippen molar-refractivity contribution in [2.75, 3.05) is 13.2 Å². The lowest BCUT2D eigenvalue weighted by molar-refractivity contribution is -0.147. The summed E-state index contributed by atoms with van der Waals surface area (Å²) in [6, 6.07) is 28.3. The van der Waals surface area contributed by atoms with Gasteiger partial charge >= 0.3 is 0 Å². The highest BCUT2D eigenvalue weighted by Crippen LogP contribution is 2.26. The molecule has 0 aliphatic carbocycles. The van der Waals surface area contributed by atoms with Gasteiger partial charge in [0.25, 0.3) is 0 Å².